The van der Waals surface area contributed by atoms with Gasteiger partial charge in [0.05, 0.1) is 18.4 Å². The number of methoxy groups -OCH3 is 1. The van der Waals surface area contributed by atoms with E-state index in [1.807, 2.05) is 0 Å². The molecule has 1 aromatic carbocycles. The highest BCUT2D eigenvalue weighted by Crippen LogP contribution is 2.36. The van der Waals surface area contributed by atoms with Crippen LogP contribution in [0.3, 0.4) is 0 Å². The van der Waals surface area contributed by atoms with Gasteiger partial charge in [-0.1, -0.05) is 32.3 Å². The van der Waals surface area contributed by atoms with Crippen LogP contribution >= 0.6 is 11.3 Å². The third-order valence-electron chi connectivity index (χ3n) is 4.58. The minimum atomic E-state index is -4.40. The van der Waals surface area contributed by atoms with E-state index in [0.717, 1.165) is 31.7 Å². The SMILES string of the molecule is CCCCCCc1ccc(Nc2nc(-c3cnc(OC)nc3)cs2)cc1C(F)(F)F. The molecule has 9 heteroatoms. The fourth-order valence-electron chi connectivity index (χ4n) is 3.02. The van der Waals surface area contributed by atoms with E-state index in [0.29, 0.717) is 34.1 Å². The largest absolute Gasteiger partial charge is 0.467 e. The molecule has 0 radical (unpaired) electrons. The smallest absolute Gasteiger partial charge is 0.416 e. The molecule has 0 atom stereocenters. The number of nitrogens with one attached hydrogen (secondary N) is 1. The number of aromatic nitrogens is 3. The number of alkyl halides is 3. The molecule has 0 aliphatic heterocycles. The first-order valence-electron chi connectivity index (χ1n) is 9.69. The van der Waals surface area contributed by atoms with Crippen molar-refractivity contribution < 1.29 is 17.9 Å². The van der Waals surface area contributed by atoms with Gasteiger partial charge in [0.2, 0.25) is 0 Å². The van der Waals surface area contributed by atoms with Crippen LogP contribution in [-0.2, 0) is 12.6 Å². The van der Waals surface area contributed by atoms with Crippen molar-refractivity contribution in [2.45, 2.75) is 45.2 Å². The minimum Gasteiger partial charge on any atom is -0.467 e. The van der Waals surface area contributed by atoms with Crippen LogP contribution in [0.15, 0.2) is 36.0 Å². The van der Waals surface area contributed by atoms with Gasteiger partial charge in [0.15, 0.2) is 5.13 Å². The molecule has 3 rings (SSSR count). The standard InChI is InChI=1S/C21H23F3N4OS/c1-3-4-5-6-7-14-8-9-16(10-17(14)21(22,23)24)27-20-28-18(13-30-20)15-11-25-19(29-2)26-12-15/h8-13H,3-7H2,1-2H3,(H,27,28). The Morgan fingerprint density at radius 1 is 1.10 bits per heavy atom. The highest BCUT2D eigenvalue weighted by atomic mass is 32.1. The molecule has 30 heavy (non-hydrogen) atoms. The number of halogens is 3. The molecule has 2 heterocycles. The Bertz CT molecular complexity index is 958. The van der Waals surface area contributed by atoms with Crippen molar-refractivity contribution in [3.63, 3.8) is 0 Å². The fraction of sp³-hybridized carbons (Fsp3) is 0.381. The number of thiazole rings is 1. The fourth-order valence-corrected chi connectivity index (χ4v) is 3.76. The van der Waals surface area contributed by atoms with Crippen LogP contribution in [0.25, 0.3) is 11.3 Å². The first-order chi connectivity index (χ1) is 14.4. The van der Waals surface area contributed by atoms with Gasteiger partial charge in [0, 0.05) is 29.0 Å². The zero-order chi connectivity index (χ0) is 21.6. The lowest BCUT2D eigenvalue weighted by Gasteiger charge is -2.15. The first kappa shape index (κ1) is 22.0. The van der Waals surface area contributed by atoms with Crippen LogP contribution in [0.2, 0.25) is 0 Å². The minimum absolute atomic E-state index is 0.252. The predicted molar refractivity (Wildman–Crippen MR) is 112 cm³/mol. The maximum atomic E-state index is 13.6. The third-order valence-corrected chi connectivity index (χ3v) is 5.33. The molecule has 0 bridgehead atoms. The predicted octanol–water partition coefficient (Wildman–Crippen LogP) is 6.49. The van der Waals surface area contributed by atoms with E-state index in [1.54, 1.807) is 29.9 Å². The number of hydrogen-bond donors (Lipinski definition) is 1. The van der Waals surface area contributed by atoms with E-state index in [2.05, 4.69) is 27.2 Å². The Hall–Kier alpha value is -2.68. The summed E-state index contributed by atoms with van der Waals surface area (Å²) in [6, 6.07) is 4.64. The first-order valence-corrected chi connectivity index (χ1v) is 10.6. The molecule has 1 N–H and O–H groups in total. The summed E-state index contributed by atoms with van der Waals surface area (Å²) in [4.78, 5) is 12.5. The lowest BCUT2D eigenvalue weighted by molar-refractivity contribution is -0.138. The van der Waals surface area contributed by atoms with Crippen LogP contribution in [0, 0.1) is 0 Å². The van der Waals surface area contributed by atoms with Gasteiger partial charge in [-0.2, -0.15) is 13.2 Å². The van der Waals surface area contributed by atoms with Gasteiger partial charge in [-0.25, -0.2) is 15.0 Å². The number of rotatable bonds is 9. The number of hydrogen-bond acceptors (Lipinski definition) is 6. The summed E-state index contributed by atoms with van der Waals surface area (Å²) in [6.07, 6.45) is 2.97. The molecule has 5 nitrogen and oxygen atoms in total. The number of benzene rings is 1. The van der Waals surface area contributed by atoms with Gasteiger partial charge in [-0.3, -0.25) is 0 Å². The molecular formula is C21H23F3N4OS. The molecule has 0 spiro atoms. The van der Waals surface area contributed by atoms with Crippen LogP contribution in [0.1, 0.15) is 43.7 Å². The second-order valence-corrected chi connectivity index (χ2v) is 7.66. The Morgan fingerprint density at radius 2 is 1.87 bits per heavy atom. The molecule has 0 fully saturated rings. The number of ether oxygens (including phenoxy) is 1. The zero-order valence-corrected chi connectivity index (χ0v) is 17.6. The van der Waals surface area contributed by atoms with Crippen LogP contribution in [0.5, 0.6) is 6.01 Å². The summed E-state index contributed by atoms with van der Waals surface area (Å²) in [5, 5.41) is 5.26. The summed E-state index contributed by atoms with van der Waals surface area (Å²) < 4.78 is 45.6. The molecule has 0 aliphatic carbocycles. The van der Waals surface area contributed by atoms with Gasteiger partial charge in [-0.05, 0) is 30.5 Å². The Labute approximate surface area is 177 Å². The van der Waals surface area contributed by atoms with Gasteiger partial charge in [0.1, 0.15) is 0 Å². The molecule has 160 valence electrons. The highest BCUT2D eigenvalue weighted by Gasteiger charge is 2.33. The van der Waals surface area contributed by atoms with Crippen molar-refractivity contribution in [1.29, 1.82) is 0 Å². The van der Waals surface area contributed by atoms with Crippen LogP contribution in [0.4, 0.5) is 24.0 Å². The second-order valence-electron chi connectivity index (χ2n) is 6.80. The average Bonchev–Trinajstić information content (AvgIpc) is 3.20. The molecule has 0 unspecified atom stereocenters. The van der Waals surface area contributed by atoms with Crippen molar-refractivity contribution in [2.75, 3.05) is 12.4 Å². The maximum absolute atomic E-state index is 13.6. The molecule has 0 aliphatic rings. The Kier molecular flexibility index (Phi) is 7.25. The summed E-state index contributed by atoms with van der Waals surface area (Å²) >= 11 is 1.30. The van der Waals surface area contributed by atoms with E-state index in [-0.39, 0.29) is 6.01 Å². The lowest BCUT2D eigenvalue weighted by Crippen LogP contribution is -2.10. The van der Waals surface area contributed by atoms with Crippen molar-refractivity contribution in [3.8, 4) is 17.3 Å². The number of anilines is 2. The third kappa shape index (κ3) is 5.69. The summed E-state index contributed by atoms with van der Waals surface area (Å²) in [6.45, 7) is 2.08. The number of unbranched alkanes of at least 4 members (excludes halogenated alkanes) is 3. The summed E-state index contributed by atoms with van der Waals surface area (Å²) in [5.41, 5.74) is 1.42. The number of nitrogens with zero attached hydrogens (tertiary/aromatic N) is 3. The van der Waals surface area contributed by atoms with Crippen molar-refractivity contribution >= 4 is 22.2 Å². The summed E-state index contributed by atoms with van der Waals surface area (Å²) in [7, 11) is 1.48. The maximum Gasteiger partial charge on any atom is 0.416 e. The normalized spacial score (nSPS) is 11.5. The Morgan fingerprint density at radius 3 is 2.53 bits per heavy atom. The monoisotopic (exact) mass is 436 g/mol. The van der Waals surface area contributed by atoms with E-state index < -0.39 is 11.7 Å². The molecule has 0 saturated carbocycles. The van der Waals surface area contributed by atoms with Gasteiger partial charge in [0.25, 0.3) is 0 Å². The molecule has 0 saturated heterocycles. The lowest BCUT2D eigenvalue weighted by atomic mass is 10.00. The number of aryl methyl sites for hydroxylation is 1. The Balaban J connectivity index is 1.75. The molecule has 3 aromatic rings. The van der Waals surface area contributed by atoms with Gasteiger partial charge in [-0.15, -0.1) is 11.3 Å². The topological polar surface area (TPSA) is 59.9 Å². The quantitative estimate of drug-likeness (QED) is 0.388. The van der Waals surface area contributed by atoms with E-state index >= 15 is 0 Å². The van der Waals surface area contributed by atoms with E-state index in [1.165, 1.54) is 18.4 Å². The molecule has 0 amide bonds. The van der Waals surface area contributed by atoms with Gasteiger partial charge < -0.3 is 10.1 Å². The zero-order valence-electron chi connectivity index (χ0n) is 16.8. The van der Waals surface area contributed by atoms with Crippen LogP contribution < -0.4 is 10.1 Å². The van der Waals surface area contributed by atoms with Crippen LogP contribution in [-0.4, -0.2) is 22.1 Å². The van der Waals surface area contributed by atoms with Crippen molar-refractivity contribution in [2.24, 2.45) is 0 Å². The summed E-state index contributed by atoms with van der Waals surface area (Å²) in [5.74, 6) is 0. The average molecular weight is 437 g/mol. The van der Waals surface area contributed by atoms with Crippen molar-refractivity contribution in [3.05, 3.63) is 47.1 Å². The van der Waals surface area contributed by atoms with Crippen molar-refractivity contribution in [1.82, 2.24) is 15.0 Å². The highest BCUT2D eigenvalue weighted by molar-refractivity contribution is 7.14. The van der Waals surface area contributed by atoms with E-state index in [4.69, 9.17) is 4.74 Å². The molecular weight excluding hydrogens is 413 g/mol. The second kappa shape index (κ2) is 9.88. The van der Waals surface area contributed by atoms with E-state index in [9.17, 15) is 13.2 Å². The molecule has 2 aromatic heterocycles. The van der Waals surface area contributed by atoms with Gasteiger partial charge >= 0.3 is 12.2 Å².